The largest absolute Gasteiger partial charge is 0.398 e. The highest BCUT2D eigenvalue weighted by Gasteiger charge is 2.09. The first-order valence-electron chi connectivity index (χ1n) is 5.74. The second-order valence-corrected chi connectivity index (χ2v) is 4.98. The fourth-order valence-corrected chi connectivity index (χ4v) is 2.34. The Balaban J connectivity index is 2.09. The summed E-state index contributed by atoms with van der Waals surface area (Å²) in [5.74, 6) is 0. The van der Waals surface area contributed by atoms with Crippen molar-refractivity contribution in [1.82, 2.24) is 14.2 Å². The average molecular weight is 319 g/mol. The number of nitrogens with zero attached hydrogens (tertiary/aromatic N) is 3. The van der Waals surface area contributed by atoms with Gasteiger partial charge in [-0.25, -0.2) is 9.48 Å². The van der Waals surface area contributed by atoms with Crippen LogP contribution in [0.4, 0.5) is 5.69 Å². The SMILES string of the molecule is Nc1cccc(Cn2nc3ccccn3c2=O)c1Br. The Morgan fingerprint density at radius 2 is 2.05 bits per heavy atom. The molecular formula is C13H11BrN4O. The van der Waals surface area contributed by atoms with E-state index in [2.05, 4.69) is 21.0 Å². The zero-order valence-electron chi connectivity index (χ0n) is 9.95. The van der Waals surface area contributed by atoms with E-state index in [1.807, 2.05) is 18.2 Å². The Kier molecular flexibility index (Phi) is 2.87. The van der Waals surface area contributed by atoms with Crippen LogP contribution in [0.3, 0.4) is 0 Å². The number of nitrogens with two attached hydrogens (primary N) is 1. The van der Waals surface area contributed by atoms with Crippen LogP contribution in [0.1, 0.15) is 5.56 Å². The van der Waals surface area contributed by atoms with Crippen molar-refractivity contribution >= 4 is 27.3 Å². The van der Waals surface area contributed by atoms with E-state index in [-0.39, 0.29) is 5.69 Å². The van der Waals surface area contributed by atoms with Gasteiger partial charge in [0.1, 0.15) is 0 Å². The lowest BCUT2D eigenvalue weighted by atomic mass is 10.2. The smallest absolute Gasteiger partial charge is 0.350 e. The first-order valence-corrected chi connectivity index (χ1v) is 6.53. The number of nitrogen functional groups attached to an aromatic ring is 1. The van der Waals surface area contributed by atoms with Crippen molar-refractivity contribution in [2.24, 2.45) is 0 Å². The first-order chi connectivity index (χ1) is 9.16. The molecule has 19 heavy (non-hydrogen) atoms. The maximum atomic E-state index is 12.1. The zero-order chi connectivity index (χ0) is 13.4. The van der Waals surface area contributed by atoms with Crippen LogP contribution >= 0.6 is 15.9 Å². The number of pyridine rings is 1. The molecule has 0 unspecified atom stereocenters. The van der Waals surface area contributed by atoms with E-state index >= 15 is 0 Å². The molecule has 0 aliphatic rings. The Bertz CT molecular complexity index is 806. The van der Waals surface area contributed by atoms with E-state index in [0.29, 0.717) is 17.9 Å². The van der Waals surface area contributed by atoms with E-state index < -0.39 is 0 Å². The number of anilines is 1. The molecule has 2 N–H and O–H groups in total. The highest BCUT2D eigenvalue weighted by molar-refractivity contribution is 9.10. The molecule has 0 radical (unpaired) electrons. The van der Waals surface area contributed by atoms with Crippen LogP contribution in [0.2, 0.25) is 0 Å². The summed E-state index contributed by atoms with van der Waals surface area (Å²) in [6, 6.07) is 11.0. The third-order valence-corrected chi connectivity index (χ3v) is 3.88. The molecule has 5 nitrogen and oxygen atoms in total. The maximum Gasteiger partial charge on any atom is 0.350 e. The molecule has 6 heteroatoms. The number of benzene rings is 1. The monoisotopic (exact) mass is 318 g/mol. The predicted molar refractivity (Wildman–Crippen MR) is 77.1 cm³/mol. The quantitative estimate of drug-likeness (QED) is 0.734. The number of hydrogen-bond acceptors (Lipinski definition) is 3. The predicted octanol–water partition coefficient (Wildman–Crippen LogP) is 1.89. The number of rotatable bonds is 2. The number of halogens is 1. The van der Waals surface area contributed by atoms with Gasteiger partial charge in [0.25, 0.3) is 0 Å². The Labute approximate surface area is 117 Å². The van der Waals surface area contributed by atoms with Gasteiger partial charge in [-0.05, 0) is 39.7 Å². The molecule has 96 valence electrons. The molecule has 0 fully saturated rings. The van der Waals surface area contributed by atoms with Gasteiger partial charge in [0.05, 0.1) is 6.54 Å². The van der Waals surface area contributed by atoms with Crippen molar-refractivity contribution in [3.05, 3.63) is 63.1 Å². The van der Waals surface area contributed by atoms with Crippen LogP contribution in [0.5, 0.6) is 0 Å². The Morgan fingerprint density at radius 3 is 2.84 bits per heavy atom. The topological polar surface area (TPSA) is 65.3 Å². The summed E-state index contributed by atoms with van der Waals surface area (Å²) in [5, 5.41) is 4.28. The van der Waals surface area contributed by atoms with Gasteiger partial charge in [0, 0.05) is 16.4 Å². The summed E-state index contributed by atoms with van der Waals surface area (Å²) < 4.78 is 3.74. The van der Waals surface area contributed by atoms with Gasteiger partial charge in [0.15, 0.2) is 5.65 Å². The van der Waals surface area contributed by atoms with Gasteiger partial charge in [0.2, 0.25) is 0 Å². The highest BCUT2D eigenvalue weighted by atomic mass is 79.9. The Morgan fingerprint density at radius 1 is 1.21 bits per heavy atom. The average Bonchev–Trinajstić information content (AvgIpc) is 2.73. The molecule has 1 aromatic carbocycles. The molecule has 3 aromatic rings. The maximum absolute atomic E-state index is 12.1. The fourth-order valence-electron chi connectivity index (χ4n) is 1.95. The third kappa shape index (κ3) is 2.04. The van der Waals surface area contributed by atoms with Gasteiger partial charge < -0.3 is 5.73 Å². The zero-order valence-corrected chi connectivity index (χ0v) is 11.5. The lowest BCUT2D eigenvalue weighted by Crippen LogP contribution is -2.21. The van der Waals surface area contributed by atoms with Gasteiger partial charge in [-0.15, -0.1) is 5.10 Å². The minimum Gasteiger partial charge on any atom is -0.398 e. The van der Waals surface area contributed by atoms with E-state index in [9.17, 15) is 4.79 Å². The second kappa shape index (κ2) is 4.55. The molecule has 3 rings (SSSR count). The van der Waals surface area contributed by atoms with Crippen molar-refractivity contribution in [2.75, 3.05) is 5.73 Å². The van der Waals surface area contributed by atoms with E-state index in [1.54, 1.807) is 24.4 Å². The summed E-state index contributed by atoms with van der Waals surface area (Å²) in [6.07, 6.45) is 1.70. The summed E-state index contributed by atoms with van der Waals surface area (Å²) in [5.41, 5.74) is 7.87. The van der Waals surface area contributed by atoms with Crippen LogP contribution in [-0.2, 0) is 6.54 Å². The van der Waals surface area contributed by atoms with Gasteiger partial charge in [-0.3, -0.25) is 4.40 Å². The lowest BCUT2D eigenvalue weighted by molar-refractivity contribution is 0.657. The van der Waals surface area contributed by atoms with Crippen molar-refractivity contribution in [1.29, 1.82) is 0 Å². The number of hydrogen-bond donors (Lipinski definition) is 1. The highest BCUT2D eigenvalue weighted by Crippen LogP contribution is 2.23. The molecule has 0 aliphatic heterocycles. The van der Waals surface area contributed by atoms with E-state index in [4.69, 9.17) is 5.73 Å². The van der Waals surface area contributed by atoms with Crippen LogP contribution in [0, 0.1) is 0 Å². The third-order valence-electron chi connectivity index (χ3n) is 2.92. The fraction of sp³-hybridized carbons (Fsp3) is 0.0769. The molecule has 0 saturated heterocycles. The minimum absolute atomic E-state index is 0.162. The molecule has 2 aromatic heterocycles. The molecule has 0 aliphatic carbocycles. The van der Waals surface area contributed by atoms with Crippen molar-refractivity contribution in [3.63, 3.8) is 0 Å². The minimum atomic E-state index is -0.162. The van der Waals surface area contributed by atoms with Crippen molar-refractivity contribution < 1.29 is 0 Å². The van der Waals surface area contributed by atoms with E-state index in [0.717, 1.165) is 10.0 Å². The van der Waals surface area contributed by atoms with E-state index in [1.165, 1.54) is 9.08 Å². The van der Waals surface area contributed by atoms with Gasteiger partial charge in [-0.1, -0.05) is 18.2 Å². The number of fused-ring (bicyclic) bond motifs is 1. The lowest BCUT2D eigenvalue weighted by Gasteiger charge is -2.05. The van der Waals surface area contributed by atoms with Gasteiger partial charge >= 0.3 is 5.69 Å². The molecule has 0 saturated carbocycles. The summed E-state index contributed by atoms with van der Waals surface area (Å²) in [7, 11) is 0. The normalized spacial score (nSPS) is 11.0. The molecule has 0 bridgehead atoms. The summed E-state index contributed by atoms with van der Waals surface area (Å²) in [4.78, 5) is 12.1. The van der Waals surface area contributed by atoms with Crippen LogP contribution in [-0.4, -0.2) is 14.2 Å². The summed E-state index contributed by atoms with van der Waals surface area (Å²) in [6.45, 7) is 0.381. The van der Waals surface area contributed by atoms with Crippen molar-refractivity contribution in [3.8, 4) is 0 Å². The van der Waals surface area contributed by atoms with Crippen LogP contribution in [0.15, 0.2) is 51.9 Å². The Hall–Kier alpha value is -2.08. The molecule has 2 heterocycles. The first kappa shape index (κ1) is 12.0. The van der Waals surface area contributed by atoms with Crippen molar-refractivity contribution in [2.45, 2.75) is 6.54 Å². The standard InChI is InChI=1S/C13H11BrN4O/c14-12-9(4-3-5-10(12)15)8-18-13(19)17-7-2-1-6-11(17)16-18/h1-7H,8,15H2. The van der Waals surface area contributed by atoms with Crippen LogP contribution in [0.25, 0.3) is 5.65 Å². The molecule has 0 spiro atoms. The second-order valence-electron chi connectivity index (χ2n) is 4.19. The molecule has 0 amide bonds. The number of aromatic nitrogens is 3. The molecular weight excluding hydrogens is 308 g/mol. The van der Waals surface area contributed by atoms with Crippen LogP contribution < -0.4 is 11.4 Å². The van der Waals surface area contributed by atoms with Gasteiger partial charge in [-0.2, -0.15) is 0 Å². The summed E-state index contributed by atoms with van der Waals surface area (Å²) >= 11 is 3.43. The molecule has 0 atom stereocenters.